The molecular weight excluding hydrogens is 371 g/mol. The van der Waals surface area contributed by atoms with Gasteiger partial charge in [0.05, 0.1) is 12.5 Å². The van der Waals surface area contributed by atoms with Gasteiger partial charge in [-0.1, -0.05) is 20.4 Å². The summed E-state index contributed by atoms with van der Waals surface area (Å²) >= 11 is 0. The minimum Gasteiger partial charge on any atom is -0.463 e. The van der Waals surface area contributed by atoms with Crippen LogP contribution in [0.2, 0.25) is 0 Å². The summed E-state index contributed by atoms with van der Waals surface area (Å²) in [6.45, 7) is 6.16. The average Bonchev–Trinajstić information content (AvgIpc) is 2.42. The second-order valence-corrected chi connectivity index (χ2v) is 5.70. The maximum atomic E-state index is 14.1. The van der Waals surface area contributed by atoms with E-state index < -0.39 is 53.7 Å². The molecule has 0 aliphatic rings. The van der Waals surface area contributed by atoms with Crippen molar-refractivity contribution in [2.75, 3.05) is 6.61 Å². The van der Waals surface area contributed by atoms with E-state index in [0.29, 0.717) is 0 Å². The fourth-order valence-corrected chi connectivity index (χ4v) is 1.95. The number of halogens is 9. The molecule has 2 nitrogen and oxygen atoms in total. The van der Waals surface area contributed by atoms with Gasteiger partial charge in [-0.05, 0) is 19.3 Å². The Morgan fingerprint density at radius 2 is 1.40 bits per heavy atom. The molecule has 1 unspecified atom stereocenters. The van der Waals surface area contributed by atoms with Crippen molar-refractivity contribution < 1.29 is 49.0 Å². The van der Waals surface area contributed by atoms with Crippen molar-refractivity contribution >= 4 is 5.97 Å². The quantitative estimate of drug-likeness (QED) is 0.323. The standard InChI is InChI=1S/C14H17F9O2/c1-5-25-10(24)8(4)9(6-7(2)3)11(15,16)12(17,18)13(19,20)14(21,22)23/h7,9H,4-6H2,1-3H3. The van der Waals surface area contributed by atoms with E-state index in [-0.39, 0.29) is 6.61 Å². The summed E-state index contributed by atoms with van der Waals surface area (Å²) in [5.74, 6) is -25.2. The van der Waals surface area contributed by atoms with Crippen LogP contribution in [-0.4, -0.2) is 36.5 Å². The lowest BCUT2D eigenvalue weighted by Crippen LogP contribution is -2.63. The van der Waals surface area contributed by atoms with E-state index >= 15 is 0 Å². The molecule has 0 aliphatic heterocycles. The molecule has 148 valence electrons. The summed E-state index contributed by atoms with van der Waals surface area (Å²) in [7, 11) is 0. The molecule has 0 bridgehead atoms. The molecule has 0 N–H and O–H groups in total. The molecule has 0 amide bonds. The molecule has 0 aliphatic carbocycles. The first kappa shape index (κ1) is 23.6. The van der Waals surface area contributed by atoms with Crippen LogP contribution in [-0.2, 0) is 9.53 Å². The zero-order chi connectivity index (χ0) is 20.4. The zero-order valence-electron chi connectivity index (χ0n) is 13.5. The van der Waals surface area contributed by atoms with Crippen molar-refractivity contribution in [3.63, 3.8) is 0 Å². The summed E-state index contributed by atoms with van der Waals surface area (Å²) in [5.41, 5.74) is -1.31. The summed E-state index contributed by atoms with van der Waals surface area (Å²) in [4.78, 5) is 11.5. The highest BCUT2D eigenvalue weighted by atomic mass is 19.4. The molecule has 0 heterocycles. The van der Waals surface area contributed by atoms with Crippen LogP contribution in [0, 0.1) is 11.8 Å². The van der Waals surface area contributed by atoms with E-state index in [1.807, 2.05) is 0 Å². The lowest BCUT2D eigenvalue weighted by Gasteiger charge is -2.38. The highest BCUT2D eigenvalue weighted by molar-refractivity contribution is 5.88. The first-order chi connectivity index (χ1) is 10.9. The van der Waals surface area contributed by atoms with Gasteiger partial charge in [-0.2, -0.15) is 39.5 Å². The van der Waals surface area contributed by atoms with E-state index in [1.54, 1.807) is 0 Å². The molecule has 0 radical (unpaired) electrons. The predicted molar refractivity (Wildman–Crippen MR) is 69.6 cm³/mol. The zero-order valence-corrected chi connectivity index (χ0v) is 13.5. The minimum atomic E-state index is -7.02. The Balaban J connectivity index is 6.14. The molecule has 0 spiro atoms. The molecule has 25 heavy (non-hydrogen) atoms. The SMILES string of the molecule is C=C(C(=O)OCC)C(CC(C)C)C(F)(F)C(F)(F)C(F)(F)C(F)(F)F. The van der Waals surface area contributed by atoms with Crippen molar-refractivity contribution in [3.05, 3.63) is 12.2 Å². The Kier molecular flexibility index (Phi) is 7.02. The van der Waals surface area contributed by atoms with Gasteiger partial charge >= 0.3 is 29.9 Å². The fraction of sp³-hybridized carbons (Fsp3) is 0.786. The van der Waals surface area contributed by atoms with Crippen molar-refractivity contribution in [2.24, 2.45) is 11.8 Å². The van der Waals surface area contributed by atoms with E-state index in [2.05, 4.69) is 11.3 Å². The normalized spacial score (nSPS) is 15.2. The molecule has 0 aromatic heterocycles. The summed E-state index contributed by atoms with van der Waals surface area (Å²) in [5, 5.41) is 0. The molecule has 11 heteroatoms. The Morgan fingerprint density at radius 1 is 0.960 bits per heavy atom. The first-order valence-corrected chi connectivity index (χ1v) is 7.01. The van der Waals surface area contributed by atoms with Crippen LogP contribution in [0.25, 0.3) is 0 Å². The van der Waals surface area contributed by atoms with Gasteiger partial charge in [-0.15, -0.1) is 0 Å². The largest absolute Gasteiger partial charge is 0.463 e. The number of alkyl halides is 9. The van der Waals surface area contributed by atoms with Crippen LogP contribution in [0.1, 0.15) is 27.2 Å². The third-order valence-electron chi connectivity index (χ3n) is 3.27. The van der Waals surface area contributed by atoms with Crippen molar-refractivity contribution in [3.8, 4) is 0 Å². The van der Waals surface area contributed by atoms with E-state index in [1.165, 1.54) is 20.8 Å². The second kappa shape index (κ2) is 7.45. The summed E-state index contributed by atoms with van der Waals surface area (Å²) in [6.07, 6.45) is -7.91. The Morgan fingerprint density at radius 3 is 1.72 bits per heavy atom. The van der Waals surface area contributed by atoms with Crippen LogP contribution in [0.3, 0.4) is 0 Å². The Labute approximate surface area is 138 Å². The van der Waals surface area contributed by atoms with Gasteiger partial charge in [0.15, 0.2) is 0 Å². The molecule has 0 rings (SSSR count). The smallest absolute Gasteiger partial charge is 0.460 e. The monoisotopic (exact) mass is 388 g/mol. The number of rotatable bonds is 8. The molecule has 0 saturated carbocycles. The Hall–Kier alpha value is -1.42. The fourth-order valence-electron chi connectivity index (χ4n) is 1.95. The van der Waals surface area contributed by atoms with Crippen LogP contribution in [0.5, 0.6) is 0 Å². The topological polar surface area (TPSA) is 26.3 Å². The molecule has 1 atom stereocenters. The van der Waals surface area contributed by atoms with Gasteiger partial charge in [-0.25, -0.2) is 4.79 Å². The van der Waals surface area contributed by atoms with E-state index in [0.717, 1.165) is 0 Å². The highest BCUT2D eigenvalue weighted by Gasteiger charge is 2.83. The van der Waals surface area contributed by atoms with Crippen molar-refractivity contribution in [1.82, 2.24) is 0 Å². The number of esters is 1. The third-order valence-corrected chi connectivity index (χ3v) is 3.27. The maximum absolute atomic E-state index is 14.1. The second-order valence-electron chi connectivity index (χ2n) is 5.70. The molecule has 0 saturated heterocycles. The van der Waals surface area contributed by atoms with Gasteiger partial charge in [0.1, 0.15) is 0 Å². The predicted octanol–water partition coefficient (Wildman–Crippen LogP) is 5.24. The first-order valence-electron chi connectivity index (χ1n) is 7.01. The van der Waals surface area contributed by atoms with Crippen molar-refractivity contribution in [1.29, 1.82) is 0 Å². The van der Waals surface area contributed by atoms with Gasteiger partial charge in [0, 0.05) is 5.57 Å². The Bertz CT molecular complexity index is 495. The van der Waals surface area contributed by atoms with Crippen LogP contribution in [0.4, 0.5) is 39.5 Å². The van der Waals surface area contributed by atoms with Gasteiger partial charge in [-0.3, -0.25) is 0 Å². The average molecular weight is 388 g/mol. The number of hydrogen-bond acceptors (Lipinski definition) is 2. The minimum absolute atomic E-state index is 0.368. The molecule has 0 aromatic rings. The lowest BCUT2D eigenvalue weighted by atomic mass is 9.81. The molecule has 0 aromatic carbocycles. The van der Waals surface area contributed by atoms with Gasteiger partial charge in [0.2, 0.25) is 0 Å². The third kappa shape index (κ3) is 4.41. The number of ether oxygens (including phenoxy) is 1. The number of carbonyl (C=O) groups is 1. The van der Waals surface area contributed by atoms with Crippen molar-refractivity contribution in [2.45, 2.75) is 51.1 Å². The molecular formula is C14H17F9O2. The highest BCUT2D eigenvalue weighted by Crippen LogP contribution is 2.57. The van der Waals surface area contributed by atoms with Crippen LogP contribution >= 0.6 is 0 Å². The van der Waals surface area contributed by atoms with Crippen LogP contribution < -0.4 is 0 Å². The number of hydrogen-bond donors (Lipinski definition) is 0. The van der Waals surface area contributed by atoms with Gasteiger partial charge in [0.25, 0.3) is 0 Å². The summed E-state index contributed by atoms with van der Waals surface area (Å²) in [6, 6.07) is 0. The summed E-state index contributed by atoms with van der Waals surface area (Å²) < 4.78 is 122. The van der Waals surface area contributed by atoms with E-state index in [9.17, 15) is 44.3 Å². The van der Waals surface area contributed by atoms with E-state index in [4.69, 9.17) is 0 Å². The maximum Gasteiger partial charge on any atom is 0.460 e. The van der Waals surface area contributed by atoms with Gasteiger partial charge < -0.3 is 4.74 Å². The van der Waals surface area contributed by atoms with Crippen LogP contribution in [0.15, 0.2) is 12.2 Å². The number of carbonyl (C=O) groups excluding carboxylic acids is 1. The molecule has 0 fully saturated rings. The lowest BCUT2D eigenvalue weighted by molar-refractivity contribution is -0.401.